The van der Waals surface area contributed by atoms with Crippen LogP contribution in [-0.2, 0) is 6.54 Å². The fraction of sp³-hybridized carbons (Fsp3) is 0.429. The number of nitrogens with one attached hydrogen (secondary N) is 1. The summed E-state index contributed by atoms with van der Waals surface area (Å²) in [6, 6.07) is 0. The van der Waals surface area contributed by atoms with Crippen LogP contribution in [0.15, 0.2) is 0 Å². The number of nitrogens with two attached hydrogens (primary N) is 1. The van der Waals surface area contributed by atoms with Crippen LogP contribution in [0.3, 0.4) is 0 Å². The quantitative estimate of drug-likeness (QED) is 0.445. The van der Waals surface area contributed by atoms with Gasteiger partial charge in [0.2, 0.25) is 0 Å². The van der Waals surface area contributed by atoms with E-state index in [9.17, 15) is 10.1 Å². The molecule has 0 fully saturated rings. The second-order valence-corrected chi connectivity index (χ2v) is 7.23. The fourth-order valence-electron chi connectivity index (χ4n) is 3.68. The molecule has 2 rings (SSSR count). The van der Waals surface area contributed by atoms with Gasteiger partial charge in [-0.3, -0.25) is 10.1 Å². The van der Waals surface area contributed by atoms with Crippen molar-refractivity contribution in [2.24, 2.45) is 0 Å². The smallest absolute Gasteiger partial charge is 0.295 e. The van der Waals surface area contributed by atoms with E-state index >= 15 is 0 Å². The zero-order chi connectivity index (χ0) is 19.9. The first-order valence-electron chi connectivity index (χ1n) is 8.83. The van der Waals surface area contributed by atoms with E-state index in [-0.39, 0.29) is 11.4 Å². The molecule has 0 aliphatic rings. The predicted octanol–water partition coefficient (Wildman–Crippen LogP) is 5.26. The Kier molecular flexibility index (Phi) is 5.31. The van der Waals surface area contributed by atoms with Gasteiger partial charge in [0.15, 0.2) is 0 Å². The molecule has 2 aromatic rings. The van der Waals surface area contributed by atoms with Gasteiger partial charge in [-0.1, -0.05) is 0 Å². The molecule has 26 heavy (non-hydrogen) atoms. The summed E-state index contributed by atoms with van der Waals surface area (Å²) in [5.74, 6) is 0. The Labute approximate surface area is 155 Å². The molecule has 3 N–H and O–H groups in total. The number of nitro benzene ring substituents is 1. The number of hydrogen-bond donors (Lipinski definition) is 2. The summed E-state index contributed by atoms with van der Waals surface area (Å²) in [7, 11) is 0. The van der Waals surface area contributed by atoms with Gasteiger partial charge in [-0.15, -0.1) is 0 Å². The molecule has 0 heterocycles. The van der Waals surface area contributed by atoms with Crippen LogP contribution in [-0.4, -0.2) is 4.92 Å². The summed E-state index contributed by atoms with van der Waals surface area (Å²) in [6.45, 7) is 16.9. The Balaban J connectivity index is 2.52. The van der Waals surface area contributed by atoms with Gasteiger partial charge < -0.3 is 11.1 Å². The summed E-state index contributed by atoms with van der Waals surface area (Å²) in [5, 5.41) is 14.8. The Morgan fingerprint density at radius 3 is 1.69 bits per heavy atom. The molecule has 0 saturated carbocycles. The summed E-state index contributed by atoms with van der Waals surface area (Å²) in [4.78, 5) is 10.9. The predicted molar refractivity (Wildman–Crippen MR) is 109 cm³/mol. The van der Waals surface area contributed by atoms with Crippen molar-refractivity contribution in [3.05, 3.63) is 60.2 Å². The molecular formula is C21H29N3O2. The Hall–Kier alpha value is -2.56. The maximum absolute atomic E-state index is 11.3. The van der Waals surface area contributed by atoms with E-state index in [1.54, 1.807) is 6.92 Å². The number of anilines is 2. The number of nitrogens with zero attached hydrogens (tertiary/aromatic N) is 1. The maximum atomic E-state index is 11.3. The van der Waals surface area contributed by atoms with E-state index in [0.29, 0.717) is 12.1 Å². The lowest BCUT2D eigenvalue weighted by molar-refractivity contribution is -0.384. The molecule has 0 spiro atoms. The van der Waals surface area contributed by atoms with Crippen LogP contribution in [0, 0.1) is 65.5 Å². The first-order valence-corrected chi connectivity index (χ1v) is 8.83. The van der Waals surface area contributed by atoms with Gasteiger partial charge in [-0.2, -0.15) is 0 Å². The van der Waals surface area contributed by atoms with Gasteiger partial charge in [0.25, 0.3) is 5.69 Å². The van der Waals surface area contributed by atoms with Crippen LogP contribution >= 0.6 is 0 Å². The molecule has 0 bridgehead atoms. The monoisotopic (exact) mass is 355 g/mol. The first kappa shape index (κ1) is 19.8. The van der Waals surface area contributed by atoms with E-state index in [0.717, 1.165) is 16.8 Å². The van der Waals surface area contributed by atoms with Crippen molar-refractivity contribution < 1.29 is 4.92 Å². The second-order valence-electron chi connectivity index (χ2n) is 7.23. The summed E-state index contributed by atoms with van der Waals surface area (Å²) >= 11 is 0. The van der Waals surface area contributed by atoms with Crippen molar-refractivity contribution in [1.29, 1.82) is 0 Å². The van der Waals surface area contributed by atoms with E-state index in [1.807, 2.05) is 13.8 Å². The van der Waals surface area contributed by atoms with Crippen molar-refractivity contribution in [2.45, 2.75) is 61.9 Å². The van der Waals surface area contributed by atoms with E-state index in [2.05, 4.69) is 39.9 Å². The normalized spacial score (nSPS) is 10.9. The highest BCUT2D eigenvalue weighted by Gasteiger charge is 2.23. The van der Waals surface area contributed by atoms with Crippen molar-refractivity contribution in [1.82, 2.24) is 0 Å². The minimum atomic E-state index is -0.393. The summed E-state index contributed by atoms with van der Waals surface area (Å²) in [5.41, 5.74) is 17.3. The van der Waals surface area contributed by atoms with Gasteiger partial charge in [-0.05, 0) is 94.3 Å². The maximum Gasteiger partial charge on any atom is 0.295 e. The lowest BCUT2D eigenvalue weighted by Crippen LogP contribution is -2.12. The lowest BCUT2D eigenvalue weighted by atomic mass is 9.89. The standard InChI is InChI=1S/C21H29N3O2/c1-10-11(2)13(4)18(14(5)12(10)3)9-23-20-15(6)16(7)21(24(25)26)19(22)17(20)8/h23H,9,22H2,1-8H3. The van der Waals surface area contributed by atoms with Crippen molar-refractivity contribution in [2.75, 3.05) is 11.1 Å². The molecular weight excluding hydrogens is 326 g/mol. The molecule has 0 amide bonds. The highest BCUT2D eigenvalue weighted by atomic mass is 16.6. The summed E-state index contributed by atoms with van der Waals surface area (Å²) in [6.07, 6.45) is 0. The zero-order valence-electron chi connectivity index (χ0n) is 17.0. The molecule has 0 atom stereocenters. The van der Waals surface area contributed by atoms with Crippen LogP contribution in [0.4, 0.5) is 17.1 Å². The van der Waals surface area contributed by atoms with Gasteiger partial charge >= 0.3 is 0 Å². The number of hydrogen-bond acceptors (Lipinski definition) is 4. The first-order chi connectivity index (χ1) is 12.0. The van der Waals surface area contributed by atoms with Gasteiger partial charge in [-0.25, -0.2) is 0 Å². The third kappa shape index (κ3) is 3.02. The number of nitrogen functional groups attached to an aromatic ring is 1. The molecule has 0 aliphatic heterocycles. The zero-order valence-corrected chi connectivity index (χ0v) is 17.0. The van der Waals surface area contributed by atoms with Crippen LogP contribution in [0.2, 0.25) is 0 Å². The number of rotatable bonds is 4. The largest absolute Gasteiger partial charge is 0.393 e. The highest BCUT2D eigenvalue weighted by molar-refractivity contribution is 5.78. The number of benzene rings is 2. The van der Waals surface area contributed by atoms with Crippen LogP contribution < -0.4 is 11.1 Å². The average Bonchev–Trinajstić information content (AvgIpc) is 2.58. The van der Waals surface area contributed by atoms with Crippen LogP contribution in [0.1, 0.15) is 50.1 Å². The molecule has 2 aromatic carbocycles. The van der Waals surface area contributed by atoms with Crippen molar-refractivity contribution >= 4 is 17.1 Å². The van der Waals surface area contributed by atoms with E-state index < -0.39 is 4.92 Å². The molecule has 5 heteroatoms. The van der Waals surface area contributed by atoms with Gasteiger partial charge in [0.1, 0.15) is 5.69 Å². The van der Waals surface area contributed by atoms with E-state index in [4.69, 9.17) is 5.73 Å². The Bertz CT molecular complexity index is 856. The van der Waals surface area contributed by atoms with Crippen LogP contribution in [0.25, 0.3) is 0 Å². The molecule has 0 radical (unpaired) electrons. The molecule has 0 aromatic heterocycles. The molecule has 0 aliphatic carbocycles. The average molecular weight is 355 g/mol. The molecule has 0 saturated heterocycles. The van der Waals surface area contributed by atoms with E-state index in [1.165, 1.54) is 33.4 Å². The number of nitro groups is 1. The minimum absolute atomic E-state index is 0.0138. The third-order valence-corrected chi connectivity index (χ3v) is 6.11. The summed E-state index contributed by atoms with van der Waals surface area (Å²) < 4.78 is 0. The fourth-order valence-corrected chi connectivity index (χ4v) is 3.68. The Morgan fingerprint density at radius 1 is 0.769 bits per heavy atom. The van der Waals surface area contributed by atoms with Gasteiger partial charge in [0, 0.05) is 23.4 Å². The minimum Gasteiger partial charge on any atom is -0.393 e. The third-order valence-electron chi connectivity index (χ3n) is 6.11. The highest BCUT2D eigenvalue weighted by Crippen LogP contribution is 2.38. The van der Waals surface area contributed by atoms with Crippen LogP contribution in [0.5, 0.6) is 0 Å². The molecule has 0 unspecified atom stereocenters. The SMILES string of the molecule is Cc1c(C)c(C)c(CNc2c(C)c(C)c([N+](=O)[O-])c(N)c2C)c(C)c1C. The van der Waals surface area contributed by atoms with Crippen molar-refractivity contribution in [3.8, 4) is 0 Å². The van der Waals surface area contributed by atoms with Crippen molar-refractivity contribution in [3.63, 3.8) is 0 Å². The second kappa shape index (κ2) is 6.98. The molecule has 140 valence electrons. The van der Waals surface area contributed by atoms with Gasteiger partial charge in [0.05, 0.1) is 4.92 Å². The topological polar surface area (TPSA) is 81.2 Å². The Morgan fingerprint density at radius 2 is 1.23 bits per heavy atom. The lowest BCUT2D eigenvalue weighted by Gasteiger charge is -2.22. The molecule has 5 nitrogen and oxygen atoms in total.